The molecule has 0 saturated carbocycles. The summed E-state index contributed by atoms with van der Waals surface area (Å²) < 4.78 is 2.00. The summed E-state index contributed by atoms with van der Waals surface area (Å²) >= 11 is 0. The summed E-state index contributed by atoms with van der Waals surface area (Å²) in [6.07, 6.45) is 4.66. The van der Waals surface area contributed by atoms with Gasteiger partial charge in [-0.25, -0.2) is 5.43 Å². The van der Waals surface area contributed by atoms with Crippen LogP contribution in [0.5, 0.6) is 0 Å². The highest BCUT2D eigenvalue weighted by molar-refractivity contribution is 5.79. The largest absolute Gasteiger partial charge is 0.271 e. The molecular formula is C16H19N5. The monoisotopic (exact) mass is 281 g/mol. The molecule has 3 rings (SSSR count). The maximum Gasteiger partial charge on any atom is 0.0878 e. The second kappa shape index (κ2) is 6.03. The minimum atomic E-state index is -0.0799. The van der Waals surface area contributed by atoms with Gasteiger partial charge in [-0.1, -0.05) is 19.1 Å². The molecule has 21 heavy (non-hydrogen) atoms. The lowest BCUT2D eigenvalue weighted by atomic mass is 10.0. The average molecular weight is 281 g/mol. The summed E-state index contributed by atoms with van der Waals surface area (Å²) in [6.45, 7) is 3.02. The van der Waals surface area contributed by atoms with Crippen LogP contribution < -0.4 is 11.3 Å². The molecule has 0 saturated heterocycles. The SMILES string of the molecule is CCCn1nccc1C(NN)c1ccc2ncccc2c1. The Bertz CT molecular complexity index is 734. The first-order valence-electron chi connectivity index (χ1n) is 7.16. The van der Waals surface area contributed by atoms with Crippen LogP contribution in [0, 0.1) is 0 Å². The Labute approximate surface area is 123 Å². The second-order valence-electron chi connectivity index (χ2n) is 5.03. The Morgan fingerprint density at radius 3 is 2.95 bits per heavy atom. The molecule has 5 heteroatoms. The number of fused-ring (bicyclic) bond motifs is 1. The first-order valence-corrected chi connectivity index (χ1v) is 7.16. The number of nitrogens with one attached hydrogen (secondary N) is 1. The van der Waals surface area contributed by atoms with Crippen LogP contribution in [0.4, 0.5) is 0 Å². The molecule has 0 aliphatic carbocycles. The number of aryl methyl sites for hydroxylation is 1. The Hall–Kier alpha value is -2.24. The van der Waals surface area contributed by atoms with E-state index in [-0.39, 0.29) is 6.04 Å². The van der Waals surface area contributed by atoms with Gasteiger partial charge >= 0.3 is 0 Å². The van der Waals surface area contributed by atoms with Crippen molar-refractivity contribution in [2.24, 2.45) is 5.84 Å². The van der Waals surface area contributed by atoms with E-state index in [9.17, 15) is 0 Å². The van der Waals surface area contributed by atoms with Crippen molar-refractivity contribution in [1.29, 1.82) is 0 Å². The average Bonchev–Trinajstić information content (AvgIpc) is 2.97. The zero-order chi connectivity index (χ0) is 14.7. The molecule has 1 unspecified atom stereocenters. The standard InChI is InChI=1S/C16H19N5/c1-2-10-21-15(7-9-19-21)16(20-17)13-5-6-14-12(11-13)4-3-8-18-14/h3-9,11,16,20H,2,10,17H2,1H3. The Morgan fingerprint density at radius 2 is 2.14 bits per heavy atom. The fourth-order valence-corrected chi connectivity index (χ4v) is 2.61. The predicted octanol–water partition coefficient (Wildman–Crippen LogP) is 2.39. The molecule has 0 aliphatic rings. The summed E-state index contributed by atoms with van der Waals surface area (Å²) in [5.74, 6) is 5.80. The van der Waals surface area contributed by atoms with Crippen LogP contribution in [-0.2, 0) is 6.54 Å². The third-order valence-electron chi connectivity index (χ3n) is 3.61. The summed E-state index contributed by atoms with van der Waals surface area (Å²) in [4.78, 5) is 4.35. The molecule has 108 valence electrons. The predicted molar refractivity (Wildman–Crippen MR) is 83.4 cm³/mol. The van der Waals surface area contributed by atoms with Crippen LogP contribution in [0.1, 0.15) is 30.6 Å². The van der Waals surface area contributed by atoms with Crippen molar-refractivity contribution in [2.75, 3.05) is 0 Å². The number of pyridine rings is 1. The Balaban J connectivity index is 2.03. The van der Waals surface area contributed by atoms with Gasteiger partial charge in [0.1, 0.15) is 0 Å². The molecule has 0 fully saturated rings. The van der Waals surface area contributed by atoms with Gasteiger partial charge in [-0.3, -0.25) is 15.5 Å². The highest BCUT2D eigenvalue weighted by Crippen LogP contribution is 2.24. The van der Waals surface area contributed by atoms with E-state index in [0.717, 1.165) is 35.1 Å². The third kappa shape index (κ3) is 2.66. The smallest absolute Gasteiger partial charge is 0.0878 e. The van der Waals surface area contributed by atoms with Crippen molar-refractivity contribution < 1.29 is 0 Å². The zero-order valence-electron chi connectivity index (χ0n) is 12.0. The van der Waals surface area contributed by atoms with Crippen molar-refractivity contribution in [3.8, 4) is 0 Å². The second-order valence-corrected chi connectivity index (χ2v) is 5.03. The van der Waals surface area contributed by atoms with E-state index in [4.69, 9.17) is 5.84 Å². The highest BCUT2D eigenvalue weighted by atomic mass is 15.3. The van der Waals surface area contributed by atoms with E-state index >= 15 is 0 Å². The first kappa shape index (κ1) is 13.7. The van der Waals surface area contributed by atoms with Gasteiger partial charge in [-0.2, -0.15) is 5.10 Å². The van der Waals surface area contributed by atoms with Gasteiger partial charge in [0.15, 0.2) is 0 Å². The van der Waals surface area contributed by atoms with Gasteiger partial charge < -0.3 is 0 Å². The van der Waals surface area contributed by atoms with Crippen LogP contribution in [0.2, 0.25) is 0 Å². The number of rotatable bonds is 5. The molecule has 3 aromatic rings. The van der Waals surface area contributed by atoms with Crippen molar-refractivity contribution in [3.05, 3.63) is 60.0 Å². The quantitative estimate of drug-likeness (QED) is 0.556. The topological polar surface area (TPSA) is 68.8 Å². The van der Waals surface area contributed by atoms with Crippen LogP contribution in [-0.4, -0.2) is 14.8 Å². The van der Waals surface area contributed by atoms with Gasteiger partial charge in [-0.05, 0) is 36.2 Å². The molecular weight excluding hydrogens is 262 g/mol. The summed E-state index contributed by atoms with van der Waals surface area (Å²) in [6, 6.07) is 12.1. The molecule has 1 atom stereocenters. The normalized spacial score (nSPS) is 12.7. The van der Waals surface area contributed by atoms with Crippen LogP contribution >= 0.6 is 0 Å². The lowest BCUT2D eigenvalue weighted by molar-refractivity contribution is 0.521. The number of hydrazine groups is 1. The van der Waals surface area contributed by atoms with Crippen molar-refractivity contribution in [2.45, 2.75) is 25.9 Å². The molecule has 0 aliphatic heterocycles. The fraction of sp³-hybridized carbons (Fsp3) is 0.250. The van der Waals surface area contributed by atoms with Gasteiger partial charge in [0.05, 0.1) is 17.3 Å². The Morgan fingerprint density at radius 1 is 1.24 bits per heavy atom. The number of aromatic nitrogens is 3. The lowest BCUT2D eigenvalue weighted by Gasteiger charge is -2.18. The van der Waals surface area contributed by atoms with E-state index in [0.29, 0.717) is 0 Å². The van der Waals surface area contributed by atoms with E-state index in [1.807, 2.05) is 29.1 Å². The number of hydrogen-bond donors (Lipinski definition) is 2. The minimum Gasteiger partial charge on any atom is -0.271 e. The van der Waals surface area contributed by atoms with Gasteiger partial charge in [-0.15, -0.1) is 0 Å². The van der Waals surface area contributed by atoms with E-state index in [1.165, 1.54) is 0 Å². The van der Waals surface area contributed by atoms with Crippen LogP contribution in [0.25, 0.3) is 10.9 Å². The number of nitrogens with zero attached hydrogens (tertiary/aromatic N) is 3. The molecule has 0 radical (unpaired) electrons. The lowest BCUT2D eigenvalue weighted by Crippen LogP contribution is -2.30. The van der Waals surface area contributed by atoms with Gasteiger partial charge in [0.2, 0.25) is 0 Å². The summed E-state index contributed by atoms with van der Waals surface area (Å²) in [5, 5.41) is 5.48. The minimum absolute atomic E-state index is 0.0799. The third-order valence-corrected chi connectivity index (χ3v) is 3.61. The molecule has 2 aromatic heterocycles. The Kier molecular flexibility index (Phi) is 3.94. The zero-order valence-corrected chi connectivity index (χ0v) is 12.0. The van der Waals surface area contributed by atoms with Crippen molar-refractivity contribution in [1.82, 2.24) is 20.2 Å². The molecule has 0 amide bonds. The fourth-order valence-electron chi connectivity index (χ4n) is 2.61. The van der Waals surface area contributed by atoms with Crippen LogP contribution in [0.3, 0.4) is 0 Å². The molecule has 2 heterocycles. The molecule has 3 N–H and O–H groups in total. The van der Waals surface area contributed by atoms with E-state index in [1.54, 1.807) is 6.20 Å². The first-order chi connectivity index (χ1) is 10.3. The number of hydrogen-bond acceptors (Lipinski definition) is 4. The van der Waals surface area contributed by atoms with Gasteiger partial charge in [0.25, 0.3) is 0 Å². The molecule has 1 aromatic carbocycles. The maximum atomic E-state index is 5.80. The van der Waals surface area contributed by atoms with Crippen molar-refractivity contribution in [3.63, 3.8) is 0 Å². The summed E-state index contributed by atoms with van der Waals surface area (Å²) in [7, 11) is 0. The van der Waals surface area contributed by atoms with Crippen molar-refractivity contribution >= 4 is 10.9 Å². The van der Waals surface area contributed by atoms with Crippen LogP contribution in [0.15, 0.2) is 48.8 Å². The number of nitrogens with two attached hydrogens (primary N) is 1. The molecule has 5 nitrogen and oxygen atoms in total. The highest BCUT2D eigenvalue weighted by Gasteiger charge is 2.17. The van der Waals surface area contributed by atoms with E-state index < -0.39 is 0 Å². The maximum absolute atomic E-state index is 5.80. The van der Waals surface area contributed by atoms with Gasteiger partial charge in [0, 0.05) is 24.3 Å². The molecule has 0 spiro atoms. The van der Waals surface area contributed by atoms with E-state index in [2.05, 4.69) is 40.6 Å². The number of benzene rings is 1. The summed E-state index contributed by atoms with van der Waals surface area (Å²) in [5.41, 5.74) is 6.07. The molecule has 0 bridgehead atoms.